The van der Waals surface area contributed by atoms with Gasteiger partial charge in [0.05, 0.1) is 16.8 Å². The highest BCUT2D eigenvalue weighted by Crippen LogP contribution is 2.65. The topological polar surface area (TPSA) is 25.8 Å². The Labute approximate surface area is 384 Å². The van der Waals surface area contributed by atoms with Gasteiger partial charge in [-0.1, -0.05) is 214 Å². The van der Waals surface area contributed by atoms with Crippen molar-refractivity contribution < 1.29 is 0 Å². The standard InChI is InChI=1S/C64H42N2/c1-63(2)56-33-17-29-51(60(56)52-36-40-20-6-7-21-41(40)37-57(52)63)59-38-58(65-62(66-59)39-18-4-3-5-19-39)48-35-34-44(42-22-8-9-23-43(42)48)49-27-16-28-50-47-26-12-15-32-55(47)64(61(49)50)53-30-13-10-24-45(53)46-25-11-14-31-54(46)64/h3-38H,1-2H3. The van der Waals surface area contributed by atoms with Crippen LogP contribution in [0.2, 0.25) is 0 Å². The first-order valence-electron chi connectivity index (χ1n) is 23.1. The lowest BCUT2D eigenvalue weighted by Gasteiger charge is -2.32. The number of nitrogens with zero attached hydrogens (tertiary/aromatic N) is 2. The van der Waals surface area contributed by atoms with Gasteiger partial charge in [0.1, 0.15) is 0 Å². The van der Waals surface area contributed by atoms with Crippen molar-refractivity contribution in [3.8, 4) is 78.4 Å². The molecule has 308 valence electrons. The first kappa shape index (κ1) is 37.2. The highest BCUT2D eigenvalue weighted by Gasteiger charge is 2.52. The second kappa shape index (κ2) is 13.7. The van der Waals surface area contributed by atoms with Crippen LogP contribution in [0.25, 0.3) is 100.0 Å². The van der Waals surface area contributed by atoms with E-state index in [0.29, 0.717) is 5.82 Å². The Morgan fingerprint density at radius 1 is 0.318 bits per heavy atom. The lowest BCUT2D eigenvalue weighted by Crippen LogP contribution is -2.26. The van der Waals surface area contributed by atoms with Gasteiger partial charge in [-0.05, 0) is 118 Å². The fraction of sp³-hybridized carbons (Fsp3) is 0.0625. The first-order valence-corrected chi connectivity index (χ1v) is 23.1. The average Bonchev–Trinajstić information content (AvgIpc) is 3.94. The van der Waals surface area contributed by atoms with Crippen LogP contribution in [-0.4, -0.2) is 9.97 Å². The Morgan fingerprint density at radius 2 is 0.788 bits per heavy atom. The number of aromatic nitrogens is 2. The third-order valence-electron chi connectivity index (χ3n) is 15.1. The summed E-state index contributed by atoms with van der Waals surface area (Å²) in [5.74, 6) is 0.712. The van der Waals surface area contributed by atoms with E-state index in [-0.39, 0.29) is 5.41 Å². The van der Waals surface area contributed by atoms with Gasteiger partial charge in [-0.2, -0.15) is 0 Å². The zero-order chi connectivity index (χ0) is 43.7. The first-order chi connectivity index (χ1) is 32.5. The zero-order valence-corrected chi connectivity index (χ0v) is 36.7. The molecular weight excluding hydrogens is 797 g/mol. The molecule has 0 N–H and O–H groups in total. The molecule has 0 saturated carbocycles. The fourth-order valence-electron chi connectivity index (χ4n) is 12.3. The van der Waals surface area contributed by atoms with Gasteiger partial charge in [-0.25, -0.2) is 9.97 Å². The quantitative estimate of drug-likeness (QED) is 0.176. The van der Waals surface area contributed by atoms with Crippen molar-refractivity contribution in [3.05, 3.63) is 252 Å². The molecular formula is C64H42N2. The van der Waals surface area contributed by atoms with Gasteiger partial charge in [-0.15, -0.1) is 0 Å². The molecule has 3 aliphatic carbocycles. The van der Waals surface area contributed by atoms with Crippen molar-refractivity contribution in [2.45, 2.75) is 24.7 Å². The van der Waals surface area contributed by atoms with Crippen LogP contribution in [0.3, 0.4) is 0 Å². The summed E-state index contributed by atoms with van der Waals surface area (Å²) in [5.41, 5.74) is 22.7. The van der Waals surface area contributed by atoms with E-state index in [9.17, 15) is 0 Å². The van der Waals surface area contributed by atoms with E-state index in [0.717, 1.165) is 33.5 Å². The molecule has 0 radical (unpaired) electrons. The summed E-state index contributed by atoms with van der Waals surface area (Å²) < 4.78 is 0. The summed E-state index contributed by atoms with van der Waals surface area (Å²) >= 11 is 0. The monoisotopic (exact) mass is 838 g/mol. The Bertz CT molecular complexity index is 3790. The summed E-state index contributed by atoms with van der Waals surface area (Å²) in [4.78, 5) is 10.9. The molecule has 2 nitrogen and oxygen atoms in total. The molecule has 1 aromatic heterocycles. The van der Waals surface area contributed by atoms with Crippen LogP contribution in [0.4, 0.5) is 0 Å². The lowest BCUT2D eigenvalue weighted by molar-refractivity contribution is 0.661. The van der Waals surface area contributed by atoms with Crippen molar-refractivity contribution in [1.29, 1.82) is 0 Å². The number of hydrogen-bond donors (Lipinski definition) is 0. The predicted molar refractivity (Wildman–Crippen MR) is 273 cm³/mol. The maximum absolute atomic E-state index is 5.44. The van der Waals surface area contributed by atoms with Crippen LogP contribution >= 0.6 is 0 Å². The third-order valence-corrected chi connectivity index (χ3v) is 15.1. The van der Waals surface area contributed by atoms with E-state index in [1.54, 1.807) is 0 Å². The Kier molecular flexibility index (Phi) is 7.70. The summed E-state index contributed by atoms with van der Waals surface area (Å²) in [7, 11) is 0. The molecule has 0 bridgehead atoms. The normalized spacial score (nSPS) is 14.2. The molecule has 2 heteroatoms. The van der Waals surface area contributed by atoms with Gasteiger partial charge in [0.2, 0.25) is 0 Å². The van der Waals surface area contributed by atoms with Crippen molar-refractivity contribution in [3.63, 3.8) is 0 Å². The van der Waals surface area contributed by atoms with Crippen LogP contribution in [0, 0.1) is 0 Å². The van der Waals surface area contributed by atoms with Gasteiger partial charge in [-0.3, -0.25) is 0 Å². The number of fused-ring (bicyclic) bond motifs is 15. The van der Waals surface area contributed by atoms with E-state index in [1.807, 2.05) is 0 Å². The van der Waals surface area contributed by atoms with E-state index < -0.39 is 5.41 Å². The SMILES string of the molecule is CC1(C)c2cc3ccccc3cc2-c2c(-c3cc(-c4ccc(-c5cccc6c5C5(c7ccccc7-c7ccccc75)c5ccccc5-6)c5ccccc45)nc(-c4ccccc4)n3)cccc21. The van der Waals surface area contributed by atoms with Gasteiger partial charge in [0.15, 0.2) is 5.82 Å². The second-order valence-electron chi connectivity index (χ2n) is 18.7. The van der Waals surface area contributed by atoms with Crippen molar-refractivity contribution >= 4 is 21.5 Å². The average molecular weight is 839 g/mol. The smallest absolute Gasteiger partial charge is 0.160 e. The number of hydrogen-bond acceptors (Lipinski definition) is 2. The molecule has 14 rings (SSSR count). The molecule has 0 atom stereocenters. The molecule has 66 heavy (non-hydrogen) atoms. The van der Waals surface area contributed by atoms with Gasteiger partial charge in [0, 0.05) is 22.1 Å². The molecule has 3 aliphatic rings. The Morgan fingerprint density at radius 3 is 1.47 bits per heavy atom. The fourth-order valence-corrected chi connectivity index (χ4v) is 12.3. The summed E-state index contributed by atoms with van der Waals surface area (Å²) in [5, 5.41) is 4.86. The molecule has 0 amide bonds. The summed E-state index contributed by atoms with van der Waals surface area (Å²) in [6, 6.07) is 80.7. The Balaban J connectivity index is 1.00. The molecule has 10 aromatic carbocycles. The van der Waals surface area contributed by atoms with Gasteiger partial charge in [0.25, 0.3) is 0 Å². The maximum Gasteiger partial charge on any atom is 0.160 e. The molecule has 1 heterocycles. The van der Waals surface area contributed by atoms with Crippen molar-refractivity contribution in [2.24, 2.45) is 0 Å². The van der Waals surface area contributed by atoms with E-state index in [4.69, 9.17) is 9.97 Å². The zero-order valence-electron chi connectivity index (χ0n) is 36.7. The largest absolute Gasteiger partial charge is 0.228 e. The van der Waals surface area contributed by atoms with Crippen LogP contribution in [0.5, 0.6) is 0 Å². The summed E-state index contributed by atoms with van der Waals surface area (Å²) in [6.07, 6.45) is 0. The minimum absolute atomic E-state index is 0.172. The molecule has 0 aliphatic heterocycles. The lowest BCUT2D eigenvalue weighted by atomic mass is 9.68. The Hall–Kier alpha value is -8.20. The molecule has 0 saturated heterocycles. The van der Waals surface area contributed by atoms with Crippen LogP contribution in [-0.2, 0) is 10.8 Å². The minimum atomic E-state index is -0.461. The van der Waals surface area contributed by atoms with Crippen LogP contribution < -0.4 is 0 Å². The van der Waals surface area contributed by atoms with Crippen LogP contribution in [0.1, 0.15) is 47.2 Å². The number of rotatable bonds is 4. The predicted octanol–water partition coefficient (Wildman–Crippen LogP) is 16.1. The van der Waals surface area contributed by atoms with Crippen LogP contribution in [0.15, 0.2) is 218 Å². The highest BCUT2D eigenvalue weighted by atomic mass is 14.9. The van der Waals surface area contributed by atoms with Gasteiger partial charge < -0.3 is 0 Å². The third kappa shape index (κ3) is 4.96. The molecule has 0 fully saturated rings. The van der Waals surface area contributed by atoms with Gasteiger partial charge >= 0.3 is 0 Å². The van der Waals surface area contributed by atoms with E-state index >= 15 is 0 Å². The molecule has 1 spiro atoms. The minimum Gasteiger partial charge on any atom is -0.228 e. The second-order valence-corrected chi connectivity index (χ2v) is 18.7. The van der Waals surface area contributed by atoms with E-state index in [1.165, 1.54) is 94.0 Å². The molecule has 11 aromatic rings. The highest BCUT2D eigenvalue weighted by molar-refractivity contribution is 6.08. The molecule has 0 unspecified atom stereocenters. The van der Waals surface area contributed by atoms with E-state index in [2.05, 4.69) is 232 Å². The van der Waals surface area contributed by atoms with Crippen molar-refractivity contribution in [2.75, 3.05) is 0 Å². The van der Waals surface area contributed by atoms with Crippen molar-refractivity contribution in [1.82, 2.24) is 9.97 Å². The summed E-state index contributed by atoms with van der Waals surface area (Å²) in [6.45, 7) is 4.72. The maximum atomic E-state index is 5.44. The number of benzene rings is 10.